The van der Waals surface area contributed by atoms with Gasteiger partial charge in [0.25, 0.3) is 0 Å². The number of nitrogens with one attached hydrogen (secondary N) is 1. The van der Waals surface area contributed by atoms with Gasteiger partial charge in [-0.3, -0.25) is 4.79 Å². The molecule has 2 aromatic carbocycles. The van der Waals surface area contributed by atoms with Crippen LogP contribution in [0.15, 0.2) is 48.5 Å². The van der Waals surface area contributed by atoms with Gasteiger partial charge in [0.05, 0.1) is 18.1 Å². The third kappa shape index (κ3) is 3.17. The van der Waals surface area contributed by atoms with Crippen molar-refractivity contribution >= 4 is 16.9 Å². The fourth-order valence-electron chi connectivity index (χ4n) is 3.74. The van der Waals surface area contributed by atoms with E-state index in [0.29, 0.717) is 13.0 Å². The highest BCUT2D eigenvalue weighted by atomic mass is 16.5. The first kappa shape index (κ1) is 16.6. The second-order valence-corrected chi connectivity index (χ2v) is 6.71. The Labute approximate surface area is 153 Å². The maximum Gasteiger partial charge on any atom is 0.223 e. The Kier molecular flexibility index (Phi) is 4.61. The van der Waals surface area contributed by atoms with Crippen molar-refractivity contribution in [3.05, 3.63) is 59.9 Å². The highest BCUT2D eigenvalue weighted by molar-refractivity contribution is 5.80. The number of carbonyl (C=O) groups is 1. The second-order valence-electron chi connectivity index (χ2n) is 6.71. The Balaban J connectivity index is 1.37. The van der Waals surface area contributed by atoms with Crippen LogP contribution in [0, 0.1) is 5.92 Å². The van der Waals surface area contributed by atoms with Crippen LogP contribution in [0.3, 0.4) is 0 Å². The summed E-state index contributed by atoms with van der Waals surface area (Å²) in [6.45, 7) is 1.46. The number of aromatic nitrogens is 2. The summed E-state index contributed by atoms with van der Waals surface area (Å²) in [5.41, 5.74) is 3.29. The Morgan fingerprint density at radius 3 is 2.92 bits per heavy atom. The lowest BCUT2D eigenvalue weighted by molar-refractivity contribution is -0.125. The largest absolute Gasteiger partial charge is 0.496 e. The molecule has 3 aromatic rings. The number of carbonyl (C=O) groups excluding carboxylic acids is 1. The van der Waals surface area contributed by atoms with E-state index in [-0.39, 0.29) is 11.8 Å². The third-order valence-electron chi connectivity index (χ3n) is 5.12. The zero-order chi connectivity index (χ0) is 17.9. The summed E-state index contributed by atoms with van der Waals surface area (Å²) in [7, 11) is 1.67. The summed E-state index contributed by atoms with van der Waals surface area (Å²) in [5.74, 6) is 2.01. The molecular weight excluding hydrogens is 326 g/mol. The van der Waals surface area contributed by atoms with Crippen molar-refractivity contribution in [3.8, 4) is 5.75 Å². The van der Waals surface area contributed by atoms with E-state index >= 15 is 0 Å². The number of hydrogen-bond acceptors (Lipinski definition) is 3. The summed E-state index contributed by atoms with van der Waals surface area (Å²) in [6, 6.07) is 16.1. The van der Waals surface area contributed by atoms with Crippen molar-refractivity contribution in [2.75, 3.05) is 13.7 Å². The molecule has 26 heavy (non-hydrogen) atoms. The van der Waals surface area contributed by atoms with Gasteiger partial charge in [-0.2, -0.15) is 0 Å². The summed E-state index contributed by atoms with van der Waals surface area (Å²) in [5, 5.41) is 3.09. The van der Waals surface area contributed by atoms with Crippen molar-refractivity contribution in [2.45, 2.75) is 25.8 Å². The number of nitrogens with zero attached hydrogens (tertiary/aromatic N) is 2. The summed E-state index contributed by atoms with van der Waals surface area (Å²) < 4.78 is 7.61. The molecule has 0 fully saturated rings. The number of fused-ring (bicyclic) bond motifs is 3. The van der Waals surface area contributed by atoms with Crippen molar-refractivity contribution in [1.82, 2.24) is 14.9 Å². The molecule has 0 saturated heterocycles. The van der Waals surface area contributed by atoms with E-state index in [9.17, 15) is 4.79 Å². The van der Waals surface area contributed by atoms with E-state index in [4.69, 9.17) is 9.72 Å². The zero-order valence-corrected chi connectivity index (χ0v) is 14.9. The predicted molar refractivity (Wildman–Crippen MR) is 101 cm³/mol. The second kappa shape index (κ2) is 7.20. The van der Waals surface area contributed by atoms with Gasteiger partial charge in [0, 0.05) is 25.4 Å². The molecule has 0 saturated carbocycles. The Bertz CT molecular complexity index is 932. The smallest absolute Gasteiger partial charge is 0.223 e. The maximum atomic E-state index is 12.6. The molecule has 1 aliphatic heterocycles. The van der Waals surface area contributed by atoms with Crippen LogP contribution in [0.25, 0.3) is 11.0 Å². The van der Waals surface area contributed by atoms with Gasteiger partial charge in [-0.15, -0.1) is 0 Å². The molecule has 0 radical (unpaired) electrons. The van der Waals surface area contributed by atoms with Gasteiger partial charge in [0.2, 0.25) is 5.91 Å². The summed E-state index contributed by atoms with van der Waals surface area (Å²) >= 11 is 0. The Morgan fingerprint density at radius 1 is 1.23 bits per heavy atom. The minimum absolute atomic E-state index is 0.00280. The quantitative estimate of drug-likeness (QED) is 0.770. The van der Waals surface area contributed by atoms with Gasteiger partial charge in [-0.05, 0) is 36.6 Å². The average molecular weight is 349 g/mol. The fraction of sp³-hybridized carbons (Fsp3) is 0.333. The fourth-order valence-corrected chi connectivity index (χ4v) is 3.74. The SMILES string of the molecule is COc1ccccc1CCNC(=O)C1CCn2c(nc3ccccc32)C1. The van der Waals surface area contributed by atoms with Gasteiger partial charge in [0.1, 0.15) is 11.6 Å². The molecule has 5 heteroatoms. The van der Waals surface area contributed by atoms with Crippen LogP contribution in [0.1, 0.15) is 17.8 Å². The van der Waals surface area contributed by atoms with Crippen LogP contribution in [0.5, 0.6) is 5.75 Å². The van der Waals surface area contributed by atoms with Crippen LogP contribution in [0.2, 0.25) is 0 Å². The van der Waals surface area contributed by atoms with Gasteiger partial charge in [-0.25, -0.2) is 4.98 Å². The summed E-state index contributed by atoms with van der Waals surface area (Å²) in [4.78, 5) is 17.3. The third-order valence-corrected chi connectivity index (χ3v) is 5.12. The van der Waals surface area contributed by atoms with Crippen LogP contribution in [0.4, 0.5) is 0 Å². The molecule has 1 atom stereocenters. The molecule has 134 valence electrons. The first-order chi connectivity index (χ1) is 12.8. The highest BCUT2D eigenvalue weighted by Gasteiger charge is 2.26. The lowest BCUT2D eigenvalue weighted by Gasteiger charge is -2.23. The Morgan fingerprint density at radius 2 is 2.04 bits per heavy atom. The monoisotopic (exact) mass is 349 g/mol. The first-order valence-corrected chi connectivity index (χ1v) is 9.10. The lowest BCUT2D eigenvalue weighted by Crippen LogP contribution is -2.36. The highest BCUT2D eigenvalue weighted by Crippen LogP contribution is 2.25. The molecule has 1 aromatic heterocycles. The molecule has 5 nitrogen and oxygen atoms in total. The first-order valence-electron chi connectivity index (χ1n) is 9.10. The van der Waals surface area contributed by atoms with E-state index in [2.05, 4.69) is 16.0 Å². The number of methoxy groups -OCH3 is 1. The number of ether oxygens (including phenoxy) is 1. The zero-order valence-electron chi connectivity index (χ0n) is 14.9. The predicted octanol–water partition coefficient (Wildman–Crippen LogP) is 2.97. The standard InChI is InChI=1S/C21H23N3O2/c1-26-19-9-5-2-6-15(19)10-12-22-21(25)16-11-13-24-18-8-4-3-7-17(18)23-20(24)14-16/h2-9,16H,10-14H2,1H3,(H,22,25). The minimum Gasteiger partial charge on any atom is -0.496 e. The molecule has 2 heterocycles. The van der Waals surface area contributed by atoms with Crippen molar-refractivity contribution in [3.63, 3.8) is 0 Å². The van der Waals surface area contributed by atoms with Crippen LogP contribution in [-0.4, -0.2) is 29.1 Å². The normalized spacial score (nSPS) is 16.3. The molecule has 1 aliphatic rings. The molecule has 1 unspecified atom stereocenters. The topological polar surface area (TPSA) is 56.1 Å². The van der Waals surface area contributed by atoms with Crippen molar-refractivity contribution in [2.24, 2.45) is 5.92 Å². The van der Waals surface area contributed by atoms with Crippen LogP contribution >= 0.6 is 0 Å². The van der Waals surface area contributed by atoms with Crippen molar-refractivity contribution < 1.29 is 9.53 Å². The number of aryl methyl sites for hydroxylation is 1. The van der Waals surface area contributed by atoms with Gasteiger partial charge >= 0.3 is 0 Å². The molecule has 1 N–H and O–H groups in total. The number of hydrogen-bond donors (Lipinski definition) is 1. The van der Waals surface area contributed by atoms with E-state index < -0.39 is 0 Å². The number of amides is 1. The van der Waals surface area contributed by atoms with Gasteiger partial charge < -0.3 is 14.6 Å². The van der Waals surface area contributed by atoms with Gasteiger partial charge in [0.15, 0.2) is 0 Å². The molecule has 0 aliphatic carbocycles. The van der Waals surface area contributed by atoms with E-state index in [1.165, 1.54) is 0 Å². The lowest BCUT2D eigenvalue weighted by atomic mass is 9.96. The van der Waals surface area contributed by atoms with Crippen LogP contribution in [-0.2, 0) is 24.2 Å². The molecule has 0 spiro atoms. The molecule has 0 bridgehead atoms. The van der Waals surface area contributed by atoms with Crippen molar-refractivity contribution in [1.29, 1.82) is 0 Å². The van der Waals surface area contributed by atoms with Gasteiger partial charge in [-0.1, -0.05) is 30.3 Å². The Hall–Kier alpha value is -2.82. The number of benzene rings is 2. The van der Waals surface area contributed by atoms with E-state index in [0.717, 1.165) is 47.6 Å². The van der Waals surface area contributed by atoms with E-state index in [1.54, 1.807) is 7.11 Å². The maximum absolute atomic E-state index is 12.6. The number of imidazole rings is 1. The number of rotatable bonds is 5. The van der Waals surface area contributed by atoms with E-state index in [1.807, 2.05) is 42.5 Å². The minimum atomic E-state index is -0.00280. The average Bonchev–Trinajstić information content (AvgIpc) is 3.06. The summed E-state index contributed by atoms with van der Waals surface area (Å²) in [6.07, 6.45) is 2.32. The molecule has 1 amide bonds. The van der Waals surface area contributed by atoms with Crippen LogP contribution < -0.4 is 10.1 Å². The molecule has 4 rings (SSSR count). The molecular formula is C21H23N3O2. The number of para-hydroxylation sites is 3.